The fourth-order valence-corrected chi connectivity index (χ4v) is 1.42. The van der Waals surface area contributed by atoms with Crippen LogP contribution in [-0.2, 0) is 4.74 Å². The van der Waals surface area contributed by atoms with E-state index in [0.29, 0.717) is 0 Å². The first-order valence-electron chi connectivity index (χ1n) is 5.04. The topological polar surface area (TPSA) is 9.23 Å². The predicted octanol–water partition coefficient (Wildman–Crippen LogP) is 3.80. The molecule has 0 aliphatic heterocycles. The number of hydrogen-bond donors (Lipinski definition) is 0. The summed E-state index contributed by atoms with van der Waals surface area (Å²) in [5.74, 6) is 1.79. The van der Waals surface area contributed by atoms with E-state index in [4.69, 9.17) is 4.74 Å². The van der Waals surface area contributed by atoms with Crippen LogP contribution in [0.4, 0.5) is 0 Å². The van der Waals surface area contributed by atoms with Crippen molar-refractivity contribution >= 4 is 0 Å². The van der Waals surface area contributed by atoms with Crippen molar-refractivity contribution in [2.45, 2.75) is 12.8 Å². The molecule has 2 rings (SSSR count). The van der Waals surface area contributed by atoms with Crippen molar-refractivity contribution in [3.63, 3.8) is 0 Å². The Morgan fingerprint density at radius 2 is 1.27 bits per heavy atom. The fourth-order valence-electron chi connectivity index (χ4n) is 1.42. The van der Waals surface area contributed by atoms with Crippen molar-refractivity contribution < 1.29 is 4.74 Å². The Balaban J connectivity index is 1.99. The number of rotatable bonds is 2. The molecule has 76 valence electrons. The third kappa shape index (κ3) is 2.59. The number of allylic oxidation sites excluding steroid dienone is 8. The van der Waals surface area contributed by atoms with E-state index in [1.807, 2.05) is 36.5 Å². The van der Waals surface area contributed by atoms with Crippen LogP contribution < -0.4 is 0 Å². The minimum absolute atomic E-state index is 0.871. The molecule has 0 amide bonds. The van der Waals surface area contributed by atoms with Crippen LogP contribution in [0.5, 0.6) is 0 Å². The van der Waals surface area contributed by atoms with Crippen molar-refractivity contribution in [1.82, 2.24) is 0 Å². The predicted molar refractivity (Wildman–Crippen MR) is 63.0 cm³/mol. The van der Waals surface area contributed by atoms with Gasteiger partial charge in [0.2, 0.25) is 0 Å². The molecular weight excluding hydrogens is 184 g/mol. The van der Waals surface area contributed by atoms with Gasteiger partial charge in [0.25, 0.3) is 0 Å². The zero-order valence-corrected chi connectivity index (χ0v) is 8.70. The average Bonchev–Trinajstić information content (AvgIpc) is 2.25. The minimum atomic E-state index is 0.871. The highest BCUT2D eigenvalue weighted by molar-refractivity contribution is 5.35. The third-order valence-electron chi connectivity index (χ3n) is 2.33. The normalized spacial score (nSPS) is 20.0. The van der Waals surface area contributed by atoms with E-state index in [-0.39, 0.29) is 0 Å². The molecule has 0 radical (unpaired) electrons. The molecule has 0 spiro atoms. The van der Waals surface area contributed by atoms with Gasteiger partial charge in [-0.15, -0.1) is 0 Å². The number of hydrogen-bond acceptors (Lipinski definition) is 1. The van der Waals surface area contributed by atoms with Crippen molar-refractivity contribution in [3.05, 3.63) is 72.3 Å². The van der Waals surface area contributed by atoms with Crippen molar-refractivity contribution in [1.29, 1.82) is 0 Å². The van der Waals surface area contributed by atoms with Crippen LogP contribution >= 0.6 is 0 Å². The highest BCUT2D eigenvalue weighted by Gasteiger charge is 2.05. The van der Waals surface area contributed by atoms with Crippen molar-refractivity contribution in [2.75, 3.05) is 0 Å². The molecule has 0 saturated heterocycles. The van der Waals surface area contributed by atoms with Gasteiger partial charge < -0.3 is 4.74 Å². The highest BCUT2D eigenvalue weighted by Crippen LogP contribution is 2.21. The highest BCUT2D eigenvalue weighted by atomic mass is 16.5. The lowest BCUT2D eigenvalue weighted by Gasteiger charge is -2.13. The van der Waals surface area contributed by atoms with Gasteiger partial charge in [-0.2, -0.15) is 0 Å². The molecule has 0 bridgehead atoms. The van der Waals surface area contributed by atoms with Gasteiger partial charge in [-0.3, -0.25) is 0 Å². The second-order valence-corrected chi connectivity index (χ2v) is 3.71. The van der Waals surface area contributed by atoms with Crippen LogP contribution in [0, 0.1) is 0 Å². The number of ether oxygens (including phenoxy) is 1. The second-order valence-electron chi connectivity index (χ2n) is 3.71. The van der Waals surface area contributed by atoms with Gasteiger partial charge in [0.1, 0.15) is 11.5 Å². The first kappa shape index (κ1) is 9.78. The molecule has 0 aromatic carbocycles. The fraction of sp³-hybridized carbons (Fsp3) is 0.143. The smallest absolute Gasteiger partial charge is 0.123 e. The molecule has 0 N–H and O–H groups in total. The van der Waals surface area contributed by atoms with Crippen LogP contribution in [0.3, 0.4) is 0 Å². The quantitative estimate of drug-likeness (QED) is 0.655. The van der Waals surface area contributed by atoms with E-state index in [9.17, 15) is 0 Å². The summed E-state index contributed by atoms with van der Waals surface area (Å²) in [4.78, 5) is 0. The van der Waals surface area contributed by atoms with E-state index in [0.717, 1.165) is 35.5 Å². The zero-order valence-electron chi connectivity index (χ0n) is 8.70. The molecule has 1 heteroatoms. The van der Waals surface area contributed by atoms with Crippen LogP contribution in [0.1, 0.15) is 12.8 Å². The van der Waals surface area contributed by atoms with Crippen molar-refractivity contribution in [2.24, 2.45) is 0 Å². The average molecular weight is 198 g/mol. The summed E-state index contributed by atoms with van der Waals surface area (Å²) in [6.07, 6.45) is 13.7. The summed E-state index contributed by atoms with van der Waals surface area (Å²) in [7, 11) is 0. The van der Waals surface area contributed by atoms with E-state index < -0.39 is 0 Å². The molecule has 2 aliphatic rings. The Labute approximate surface area is 90.4 Å². The molecule has 0 atom stereocenters. The first-order valence-corrected chi connectivity index (χ1v) is 5.04. The van der Waals surface area contributed by atoms with E-state index in [1.54, 1.807) is 0 Å². The summed E-state index contributed by atoms with van der Waals surface area (Å²) >= 11 is 0. The zero-order chi connectivity index (χ0) is 10.7. The Kier molecular flexibility index (Phi) is 2.72. The maximum absolute atomic E-state index is 5.70. The molecule has 0 aromatic rings. The molecule has 0 aromatic heterocycles. The van der Waals surface area contributed by atoms with Gasteiger partial charge in [0.05, 0.1) is 0 Å². The monoisotopic (exact) mass is 198 g/mol. The molecule has 15 heavy (non-hydrogen) atoms. The molecular formula is C14H14O. The van der Waals surface area contributed by atoms with Gasteiger partial charge in [0, 0.05) is 0 Å². The molecule has 1 nitrogen and oxygen atoms in total. The lowest BCUT2D eigenvalue weighted by molar-refractivity contribution is 0.331. The van der Waals surface area contributed by atoms with Gasteiger partial charge in [-0.05, 0) is 37.1 Å². The van der Waals surface area contributed by atoms with Gasteiger partial charge in [-0.1, -0.05) is 36.5 Å². The van der Waals surface area contributed by atoms with Gasteiger partial charge in [0.15, 0.2) is 0 Å². The van der Waals surface area contributed by atoms with E-state index in [2.05, 4.69) is 13.2 Å². The van der Waals surface area contributed by atoms with Crippen LogP contribution in [0.15, 0.2) is 72.3 Å². The Morgan fingerprint density at radius 3 is 1.60 bits per heavy atom. The molecule has 0 unspecified atom stereocenters. The standard InChI is InChI=1S/C14H14O/c1-11-3-7-13(8-4-11)15-14-9-5-12(2)6-10-14/h3,5,7-10H,1-2,4,6H2. The van der Waals surface area contributed by atoms with Crippen LogP contribution in [0.25, 0.3) is 0 Å². The maximum Gasteiger partial charge on any atom is 0.123 e. The third-order valence-corrected chi connectivity index (χ3v) is 2.33. The van der Waals surface area contributed by atoms with E-state index >= 15 is 0 Å². The molecule has 0 heterocycles. The Hall–Kier alpha value is -1.76. The molecule has 2 aliphatic carbocycles. The SMILES string of the molecule is C=C1C=CC(OC2=CCC(=C)C=C2)=CC1. The Morgan fingerprint density at radius 1 is 0.800 bits per heavy atom. The van der Waals surface area contributed by atoms with Crippen molar-refractivity contribution in [3.8, 4) is 0 Å². The van der Waals surface area contributed by atoms with Crippen LogP contribution in [0.2, 0.25) is 0 Å². The minimum Gasteiger partial charge on any atom is -0.458 e. The summed E-state index contributed by atoms with van der Waals surface area (Å²) in [6, 6.07) is 0. The summed E-state index contributed by atoms with van der Waals surface area (Å²) in [6.45, 7) is 7.76. The van der Waals surface area contributed by atoms with E-state index in [1.165, 1.54) is 0 Å². The van der Waals surface area contributed by atoms with Gasteiger partial charge >= 0.3 is 0 Å². The van der Waals surface area contributed by atoms with Crippen LogP contribution in [-0.4, -0.2) is 0 Å². The summed E-state index contributed by atoms with van der Waals surface area (Å²) in [5.41, 5.74) is 2.23. The summed E-state index contributed by atoms with van der Waals surface area (Å²) < 4.78 is 5.70. The lowest BCUT2D eigenvalue weighted by atomic mass is 10.1. The second kappa shape index (κ2) is 4.18. The Bertz CT molecular complexity index is 377. The molecule has 0 fully saturated rings. The summed E-state index contributed by atoms with van der Waals surface area (Å²) in [5, 5.41) is 0. The first-order chi connectivity index (χ1) is 7.24. The van der Waals surface area contributed by atoms with Gasteiger partial charge in [-0.25, -0.2) is 0 Å². The maximum atomic E-state index is 5.70. The largest absolute Gasteiger partial charge is 0.458 e. The lowest BCUT2D eigenvalue weighted by Crippen LogP contribution is -1.95. The molecule has 0 saturated carbocycles.